The minimum absolute atomic E-state index is 0.0457. The molecule has 4 heterocycles. The Morgan fingerprint density at radius 1 is 1.11 bits per heavy atom. The number of aromatic nitrogens is 4. The first kappa shape index (κ1) is 25.2. The monoisotopic (exact) mass is 519 g/mol. The summed E-state index contributed by atoms with van der Waals surface area (Å²) in [4.78, 5) is 55.1. The molecule has 4 bridgehead atoms. The van der Waals surface area contributed by atoms with Crippen molar-refractivity contribution in [2.75, 3.05) is 40.3 Å². The van der Waals surface area contributed by atoms with Crippen LogP contribution in [-0.4, -0.2) is 87.4 Å². The zero-order chi connectivity index (χ0) is 26.8. The van der Waals surface area contributed by atoms with Gasteiger partial charge in [0, 0.05) is 57.3 Å². The summed E-state index contributed by atoms with van der Waals surface area (Å²) in [7, 11) is 3.16. The van der Waals surface area contributed by atoms with E-state index >= 15 is 0 Å². The fourth-order valence-electron chi connectivity index (χ4n) is 4.96. The molecule has 38 heavy (non-hydrogen) atoms. The van der Waals surface area contributed by atoms with E-state index < -0.39 is 11.5 Å². The first-order chi connectivity index (χ1) is 18.3. The molecule has 1 N–H and O–H groups in total. The normalized spacial score (nSPS) is 20.2. The lowest BCUT2D eigenvalue weighted by atomic mass is 9.99. The van der Waals surface area contributed by atoms with Gasteiger partial charge in [-0.15, -0.1) is 5.10 Å². The number of likely N-dealkylation sites (tertiary alicyclic amines) is 1. The molecule has 1 fully saturated rings. The number of hydrogen-bond acceptors (Lipinski definition) is 7. The first-order valence-corrected chi connectivity index (χ1v) is 12.4. The number of amides is 3. The van der Waals surface area contributed by atoms with E-state index in [0.717, 1.165) is 0 Å². The van der Waals surface area contributed by atoms with Crippen molar-refractivity contribution >= 4 is 17.7 Å². The molecule has 0 spiro atoms. The van der Waals surface area contributed by atoms with Crippen molar-refractivity contribution in [3.8, 4) is 5.75 Å². The van der Waals surface area contributed by atoms with Crippen molar-refractivity contribution in [1.82, 2.24) is 34.7 Å². The molecule has 0 unspecified atom stereocenters. The number of carbonyl (C=O) groups is 3. The summed E-state index contributed by atoms with van der Waals surface area (Å²) < 4.78 is 8.29. The molecule has 12 nitrogen and oxygen atoms in total. The molecule has 2 aliphatic heterocycles. The minimum atomic E-state index is -0.426. The van der Waals surface area contributed by atoms with Crippen molar-refractivity contribution < 1.29 is 19.1 Å². The van der Waals surface area contributed by atoms with Gasteiger partial charge in [-0.1, -0.05) is 5.21 Å². The van der Waals surface area contributed by atoms with E-state index in [1.165, 1.54) is 15.5 Å². The summed E-state index contributed by atoms with van der Waals surface area (Å²) >= 11 is 0. The number of benzene rings is 1. The summed E-state index contributed by atoms with van der Waals surface area (Å²) in [5, 5.41) is 11.4. The van der Waals surface area contributed by atoms with E-state index in [9.17, 15) is 19.2 Å². The van der Waals surface area contributed by atoms with Crippen LogP contribution in [-0.2, 0) is 11.3 Å². The Balaban J connectivity index is 1.44. The Morgan fingerprint density at radius 3 is 2.66 bits per heavy atom. The highest BCUT2D eigenvalue weighted by molar-refractivity contribution is 5.95. The van der Waals surface area contributed by atoms with Crippen molar-refractivity contribution in [3.05, 3.63) is 76.0 Å². The number of nitrogens with one attached hydrogen (secondary N) is 1. The van der Waals surface area contributed by atoms with Gasteiger partial charge in [-0.25, -0.2) is 4.68 Å². The number of likely N-dealkylation sites (N-methyl/N-ethyl adjacent to an activating group) is 1. The maximum Gasteiger partial charge on any atom is 0.263 e. The van der Waals surface area contributed by atoms with Crippen molar-refractivity contribution in [2.45, 2.75) is 19.0 Å². The molecule has 0 aliphatic carbocycles. The number of ether oxygens (including phenoxy) is 1. The summed E-state index contributed by atoms with van der Waals surface area (Å²) in [5.41, 5.74) is 0.675. The smallest absolute Gasteiger partial charge is 0.263 e. The van der Waals surface area contributed by atoms with Crippen LogP contribution in [0, 0.1) is 5.92 Å². The zero-order valence-electron chi connectivity index (χ0n) is 21.2. The van der Waals surface area contributed by atoms with E-state index in [4.69, 9.17) is 4.74 Å². The molecule has 5 rings (SSSR count). The van der Waals surface area contributed by atoms with Crippen molar-refractivity contribution in [1.29, 1.82) is 0 Å². The highest BCUT2D eigenvalue weighted by atomic mass is 16.5. The van der Waals surface area contributed by atoms with Crippen LogP contribution in [0.5, 0.6) is 5.75 Å². The SMILES string of the molecule is COc1ccc(C(=O)N2C[C@H]3CC(=O)NCCN(C)C(=O)c4cccn(c4=O)Cc4cn(nn4)[C@H]3C2)cc1. The molecule has 1 aromatic carbocycles. The lowest BCUT2D eigenvalue weighted by Gasteiger charge is -2.20. The summed E-state index contributed by atoms with van der Waals surface area (Å²) in [6.45, 7) is 1.35. The van der Waals surface area contributed by atoms with Gasteiger partial charge < -0.3 is 24.4 Å². The fraction of sp³-hybridized carbons (Fsp3) is 0.385. The van der Waals surface area contributed by atoms with Gasteiger partial charge >= 0.3 is 0 Å². The molecule has 2 aromatic heterocycles. The van der Waals surface area contributed by atoms with E-state index in [2.05, 4.69) is 15.6 Å². The highest BCUT2D eigenvalue weighted by Gasteiger charge is 2.38. The molecule has 3 amide bonds. The van der Waals surface area contributed by atoms with E-state index in [-0.39, 0.29) is 55.4 Å². The molecule has 0 radical (unpaired) electrons. The molecular formula is C26H29N7O5. The Morgan fingerprint density at radius 2 is 1.89 bits per heavy atom. The van der Waals surface area contributed by atoms with Crippen molar-refractivity contribution in [3.63, 3.8) is 0 Å². The maximum absolute atomic E-state index is 13.3. The van der Waals surface area contributed by atoms with Gasteiger partial charge in [-0.3, -0.25) is 19.2 Å². The Bertz CT molecular complexity index is 1410. The van der Waals surface area contributed by atoms with Crippen LogP contribution in [0.1, 0.15) is 38.9 Å². The number of hydrogen-bond donors (Lipinski definition) is 1. The second-order valence-electron chi connectivity index (χ2n) is 9.59. The maximum atomic E-state index is 13.3. The van der Waals surface area contributed by atoms with Crippen LogP contribution in [0.25, 0.3) is 0 Å². The van der Waals surface area contributed by atoms with Crippen molar-refractivity contribution in [2.24, 2.45) is 5.92 Å². The van der Waals surface area contributed by atoms with E-state index in [1.54, 1.807) is 66.5 Å². The molecule has 12 heteroatoms. The van der Waals surface area contributed by atoms with Gasteiger partial charge in [-0.2, -0.15) is 0 Å². The number of methoxy groups -OCH3 is 1. The van der Waals surface area contributed by atoms with E-state index in [0.29, 0.717) is 30.1 Å². The second kappa shape index (κ2) is 10.5. The van der Waals surface area contributed by atoms with Gasteiger partial charge in [0.05, 0.1) is 25.9 Å². The lowest BCUT2D eigenvalue weighted by Crippen LogP contribution is -2.39. The quantitative estimate of drug-likeness (QED) is 0.519. The average Bonchev–Trinajstić information content (AvgIpc) is 3.55. The third-order valence-corrected chi connectivity index (χ3v) is 7.07. The topological polar surface area (TPSA) is 132 Å². The highest BCUT2D eigenvalue weighted by Crippen LogP contribution is 2.31. The predicted molar refractivity (Wildman–Crippen MR) is 136 cm³/mol. The minimum Gasteiger partial charge on any atom is -0.497 e. The largest absolute Gasteiger partial charge is 0.497 e. The van der Waals surface area contributed by atoms with Gasteiger partial charge in [0.2, 0.25) is 5.91 Å². The number of nitrogens with zero attached hydrogens (tertiary/aromatic N) is 6. The Hall–Kier alpha value is -4.48. The van der Waals surface area contributed by atoms with E-state index in [1.807, 2.05) is 0 Å². The van der Waals surface area contributed by atoms with Crippen LogP contribution in [0.4, 0.5) is 0 Å². The summed E-state index contributed by atoms with van der Waals surface area (Å²) in [6, 6.07) is 9.77. The van der Waals surface area contributed by atoms with Crippen LogP contribution in [0.15, 0.2) is 53.6 Å². The molecule has 0 saturated carbocycles. The van der Waals surface area contributed by atoms with Crippen LogP contribution >= 0.6 is 0 Å². The Kier molecular flexibility index (Phi) is 6.95. The summed E-state index contributed by atoms with van der Waals surface area (Å²) in [5.74, 6) is -0.293. The average molecular weight is 520 g/mol. The van der Waals surface area contributed by atoms with Gasteiger partial charge in [-0.05, 0) is 36.4 Å². The molecule has 3 aromatic rings. The third-order valence-electron chi connectivity index (χ3n) is 7.07. The number of fused-ring (bicyclic) bond motifs is 6. The standard InChI is InChI=1S/C26H29N7O5/c1-30-11-9-27-23(34)12-18-13-32(24(35)17-5-7-20(38-2)8-6-17)16-22(18)33-15-19(28-29-33)14-31-10-3-4-21(25(30)36)26(31)37/h3-8,10,15,18,22H,9,11-14,16H2,1-2H3,(H,27,34)/t18-,22+/m1/s1. The van der Waals surface area contributed by atoms with Crippen LogP contribution in [0.2, 0.25) is 0 Å². The van der Waals surface area contributed by atoms with Gasteiger partial charge in [0.1, 0.15) is 17.0 Å². The molecule has 2 atom stereocenters. The lowest BCUT2D eigenvalue weighted by molar-refractivity contribution is -0.122. The first-order valence-electron chi connectivity index (χ1n) is 12.4. The molecular weight excluding hydrogens is 490 g/mol. The zero-order valence-corrected chi connectivity index (χ0v) is 21.2. The van der Waals surface area contributed by atoms with Crippen LogP contribution in [0.3, 0.4) is 0 Å². The Labute approximate surface area is 218 Å². The predicted octanol–water partition coefficient (Wildman–Crippen LogP) is 0.402. The van der Waals surface area contributed by atoms with Gasteiger partial charge in [0.25, 0.3) is 17.4 Å². The third kappa shape index (κ3) is 5.01. The van der Waals surface area contributed by atoms with Crippen LogP contribution < -0.4 is 15.6 Å². The fourth-order valence-corrected chi connectivity index (χ4v) is 4.96. The van der Waals surface area contributed by atoms with Gasteiger partial charge in [0.15, 0.2) is 0 Å². The number of pyridine rings is 1. The number of carbonyl (C=O) groups excluding carboxylic acids is 3. The summed E-state index contributed by atoms with van der Waals surface area (Å²) in [6.07, 6.45) is 3.52. The molecule has 2 aliphatic rings. The number of rotatable bonds is 2. The second-order valence-corrected chi connectivity index (χ2v) is 9.59. The molecule has 1 saturated heterocycles. The molecule has 198 valence electrons.